The zero-order chi connectivity index (χ0) is 29.4. The van der Waals surface area contributed by atoms with Crippen molar-refractivity contribution in [2.75, 3.05) is 30.0 Å². The Balaban J connectivity index is 1.46. The van der Waals surface area contributed by atoms with Gasteiger partial charge in [-0.3, -0.25) is 19.7 Å². The zero-order valence-electron chi connectivity index (χ0n) is 22.4. The smallest absolute Gasteiger partial charge is 0.335 e. The first-order valence-electron chi connectivity index (χ1n) is 12.9. The van der Waals surface area contributed by atoms with Gasteiger partial charge in [-0.1, -0.05) is 19.1 Å². The number of carbonyl (C=O) groups excluding carboxylic acids is 4. The maximum Gasteiger partial charge on any atom is 0.335 e. The van der Waals surface area contributed by atoms with Crippen molar-refractivity contribution in [1.82, 2.24) is 5.32 Å². The van der Waals surface area contributed by atoms with Gasteiger partial charge in [0.15, 0.2) is 18.1 Å². The van der Waals surface area contributed by atoms with Gasteiger partial charge in [-0.25, -0.2) is 14.1 Å². The molecular formula is C30H28FN3O7. The van der Waals surface area contributed by atoms with Crippen molar-refractivity contribution in [2.24, 2.45) is 0 Å². The van der Waals surface area contributed by atoms with E-state index in [1.165, 1.54) is 42.5 Å². The van der Waals surface area contributed by atoms with E-state index in [0.717, 1.165) is 11.3 Å². The fourth-order valence-corrected chi connectivity index (χ4v) is 3.83. The third-order valence-corrected chi connectivity index (χ3v) is 5.74. The maximum atomic E-state index is 13.3. The number of urea groups is 1. The van der Waals surface area contributed by atoms with Crippen LogP contribution in [0.5, 0.6) is 17.2 Å². The van der Waals surface area contributed by atoms with Gasteiger partial charge in [0.25, 0.3) is 17.7 Å². The summed E-state index contributed by atoms with van der Waals surface area (Å²) in [6, 6.07) is 15.4. The molecule has 1 aliphatic rings. The molecule has 2 N–H and O–H groups in total. The summed E-state index contributed by atoms with van der Waals surface area (Å²) in [4.78, 5) is 51.5. The van der Waals surface area contributed by atoms with Crippen LogP contribution in [0.2, 0.25) is 0 Å². The largest absolute Gasteiger partial charge is 0.490 e. The molecule has 0 aliphatic carbocycles. The molecule has 11 heteroatoms. The first kappa shape index (κ1) is 28.8. The van der Waals surface area contributed by atoms with Crippen LogP contribution < -0.4 is 29.7 Å². The molecular weight excluding hydrogens is 533 g/mol. The van der Waals surface area contributed by atoms with E-state index in [1.807, 2.05) is 6.92 Å². The third kappa shape index (κ3) is 7.27. The lowest BCUT2D eigenvalue weighted by atomic mass is 10.1. The van der Waals surface area contributed by atoms with Gasteiger partial charge >= 0.3 is 6.03 Å². The van der Waals surface area contributed by atoms with E-state index in [9.17, 15) is 23.6 Å². The molecule has 0 radical (unpaired) electrons. The number of hydrogen-bond donors (Lipinski definition) is 2. The van der Waals surface area contributed by atoms with E-state index in [2.05, 4.69) is 10.6 Å². The van der Waals surface area contributed by atoms with Crippen LogP contribution in [0, 0.1) is 5.82 Å². The Labute approximate surface area is 235 Å². The minimum atomic E-state index is -0.885. The molecule has 3 aromatic rings. The van der Waals surface area contributed by atoms with E-state index in [-0.39, 0.29) is 17.9 Å². The molecule has 0 unspecified atom stereocenters. The normalized spacial score (nSPS) is 14.1. The van der Waals surface area contributed by atoms with Crippen molar-refractivity contribution >= 4 is 41.2 Å². The first-order chi connectivity index (χ1) is 19.8. The average Bonchev–Trinajstić information content (AvgIpc) is 2.95. The van der Waals surface area contributed by atoms with E-state index in [1.54, 1.807) is 37.3 Å². The van der Waals surface area contributed by atoms with E-state index >= 15 is 0 Å². The van der Waals surface area contributed by atoms with Crippen LogP contribution in [0.1, 0.15) is 25.8 Å². The van der Waals surface area contributed by atoms with Crippen LogP contribution >= 0.6 is 0 Å². The molecule has 1 aliphatic heterocycles. The molecule has 212 valence electrons. The van der Waals surface area contributed by atoms with Crippen molar-refractivity contribution in [3.8, 4) is 17.2 Å². The van der Waals surface area contributed by atoms with Gasteiger partial charge in [0.1, 0.15) is 17.1 Å². The van der Waals surface area contributed by atoms with Crippen LogP contribution in [0.15, 0.2) is 72.3 Å². The lowest BCUT2D eigenvalue weighted by molar-refractivity contribution is -0.122. The summed E-state index contributed by atoms with van der Waals surface area (Å²) < 4.78 is 29.8. The second-order valence-electron chi connectivity index (χ2n) is 8.78. The topological polar surface area (TPSA) is 123 Å². The summed E-state index contributed by atoms with van der Waals surface area (Å²) in [5.74, 6) is -1.28. The highest BCUT2D eigenvalue weighted by molar-refractivity contribution is 6.39. The molecule has 1 saturated heterocycles. The minimum absolute atomic E-state index is 0.209. The molecule has 1 fully saturated rings. The fourth-order valence-electron chi connectivity index (χ4n) is 3.83. The summed E-state index contributed by atoms with van der Waals surface area (Å²) >= 11 is 0. The second kappa shape index (κ2) is 13.2. The van der Waals surface area contributed by atoms with Crippen LogP contribution in [0.4, 0.5) is 20.6 Å². The number of halogens is 1. The maximum absolute atomic E-state index is 13.3. The Morgan fingerprint density at radius 3 is 2.34 bits per heavy atom. The molecule has 5 amide bonds. The Kier molecular flexibility index (Phi) is 9.31. The Morgan fingerprint density at radius 1 is 0.927 bits per heavy atom. The average molecular weight is 562 g/mol. The van der Waals surface area contributed by atoms with Crippen molar-refractivity contribution in [3.63, 3.8) is 0 Å². The number of carbonyl (C=O) groups is 4. The van der Waals surface area contributed by atoms with Gasteiger partial charge in [0.2, 0.25) is 0 Å². The Morgan fingerprint density at radius 2 is 1.66 bits per heavy atom. The first-order valence-corrected chi connectivity index (χ1v) is 12.9. The van der Waals surface area contributed by atoms with Gasteiger partial charge in [0.05, 0.1) is 18.9 Å². The highest BCUT2D eigenvalue weighted by atomic mass is 19.1. The number of benzene rings is 3. The Hall–Kier alpha value is -5.19. The van der Waals surface area contributed by atoms with Crippen molar-refractivity contribution in [1.29, 1.82) is 0 Å². The predicted octanol–water partition coefficient (Wildman–Crippen LogP) is 4.70. The van der Waals surface area contributed by atoms with Crippen LogP contribution in [-0.4, -0.2) is 43.6 Å². The van der Waals surface area contributed by atoms with Crippen molar-refractivity contribution in [3.05, 3.63) is 83.7 Å². The number of barbiturate groups is 1. The van der Waals surface area contributed by atoms with Gasteiger partial charge in [-0.2, -0.15) is 0 Å². The predicted molar refractivity (Wildman–Crippen MR) is 149 cm³/mol. The van der Waals surface area contributed by atoms with Crippen molar-refractivity contribution in [2.45, 2.75) is 20.3 Å². The number of amides is 5. The van der Waals surface area contributed by atoms with E-state index in [4.69, 9.17) is 14.2 Å². The standard InChI is InChI=1S/C30H28FN3O7/c1-3-15-40-25-14-11-22(17-26(25)39-4-2)34-29(37)24(28(36)33-30(34)38)16-19-5-12-23(13-6-19)41-18-27(35)32-21-9-7-20(31)8-10-21/h5-14,16-17H,3-4,15,18H2,1-2H3,(H,32,35)(H,33,36,38)/b24-16+. The van der Waals surface area contributed by atoms with E-state index in [0.29, 0.717) is 41.7 Å². The number of nitrogens with zero attached hydrogens (tertiary/aromatic N) is 1. The third-order valence-electron chi connectivity index (χ3n) is 5.74. The summed E-state index contributed by atoms with van der Waals surface area (Å²) in [6.45, 7) is 4.29. The van der Waals surface area contributed by atoms with Gasteiger partial charge in [-0.15, -0.1) is 0 Å². The molecule has 0 saturated carbocycles. The second-order valence-corrected chi connectivity index (χ2v) is 8.78. The van der Waals surface area contributed by atoms with Gasteiger partial charge in [-0.05, 0) is 73.5 Å². The summed E-state index contributed by atoms with van der Waals surface area (Å²) in [7, 11) is 0. The highest BCUT2D eigenvalue weighted by Gasteiger charge is 2.37. The molecule has 0 aromatic heterocycles. The van der Waals surface area contributed by atoms with Crippen LogP contribution in [0.3, 0.4) is 0 Å². The molecule has 0 atom stereocenters. The SMILES string of the molecule is CCCOc1ccc(N2C(=O)NC(=O)/C(=C\c3ccc(OCC(=O)Nc4ccc(F)cc4)cc3)C2=O)cc1OCC. The molecule has 3 aromatic carbocycles. The number of ether oxygens (including phenoxy) is 3. The number of anilines is 2. The van der Waals surface area contributed by atoms with E-state index < -0.39 is 29.6 Å². The number of hydrogen-bond acceptors (Lipinski definition) is 7. The summed E-state index contributed by atoms with van der Waals surface area (Å²) in [5.41, 5.74) is 0.876. The van der Waals surface area contributed by atoms with Crippen molar-refractivity contribution < 1.29 is 37.8 Å². The van der Waals surface area contributed by atoms with Gasteiger partial charge < -0.3 is 19.5 Å². The lowest BCUT2D eigenvalue weighted by Gasteiger charge is -2.27. The Bertz CT molecular complexity index is 1470. The molecule has 1 heterocycles. The molecule has 4 rings (SSSR count). The number of imide groups is 2. The van der Waals surface area contributed by atoms with Gasteiger partial charge in [0, 0.05) is 11.8 Å². The van der Waals surface area contributed by atoms with Crippen LogP contribution in [0.25, 0.3) is 6.08 Å². The molecule has 0 spiro atoms. The lowest BCUT2D eigenvalue weighted by Crippen LogP contribution is -2.54. The quantitative estimate of drug-likeness (QED) is 0.257. The molecule has 41 heavy (non-hydrogen) atoms. The number of rotatable bonds is 11. The molecule has 10 nitrogen and oxygen atoms in total. The fraction of sp³-hybridized carbons (Fsp3) is 0.200. The minimum Gasteiger partial charge on any atom is -0.490 e. The van der Waals surface area contributed by atoms with Crippen LogP contribution in [-0.2, 0) is 14.4 Å². The molecule has 0 bridgehead atoms. The summed E-state index contributed by atoms with van der Waals surface area (Å²) in [6.07, 6.45) is 2.14. The number of nitrogens with one attached hydrogen (secondary N) is 2. The highest BCUT2D eigenvalue weighted by Crippen LogP contribution is 2.34. The monoisotopic (exact) mass is 561 g/mol. The zero-order valence-corrected chi connectivity index (χ0v) is 22.4. The summed E-state index contributed by atoms with van der Waals surface area (Å²) in [5, 5.41) is 4.78.